The summed E-state index contributed by atoms with van der Waals surface area (Å²) < 4.78 is 0. The molecule has 5 heteroatoms. The first-order valence-corrected chi connectivity index (χ1v) is 4.81. The van der Waals surface area contributed by atoms with Gasteiger partial charge in [-0.25, -0.2) is 4.79 Å². The number of carbonyl (C=O) groups is 2. The van der Waals surface area contributed by atoms with Gasteiger partial charge in [0, 0.05) is 24.2 Å². The van der Waals surface area contributed by atoms with Gasteiger partial charge in [-0.2, -0.15) is 0 Å². The molecule has 0 aliphatic carbocycles. The minimum atomic E-state index is -1.08. The van der Waals surface area contributed by atoms with Crippen LogP contribution in [0.15, 0.2) is 11.1 Å². The van der Waals surface area contributed by atoms with Crippen molar-refractivity contribution in [2.75, 3.05) is 13.1 Å². The summed E-state index contributed by atoms with van der Waals surface area (Å²) in [5.74, 6) is -1.38. The zero-order valence-electron chi connectivity index (χ0n) is 8.86. The van der Waals surface area contributed by atoms with Gasteiger partial charge in [0.2, 0.25) is 5.91 Å². The highest BCUT2D eigenvalue weighted by atomic mass is 16.4. The van der Waals surface area contributed by atoms with E-state index in [4.69, 9.17) is 5.11 Å². The summed E-state index contributed by atoms with van der Waals surface area (Å²) in [5, 5.41) is 18.0. The van der Waals surface area contributed by atoms with Crippen LogP contribution < -0.4 is 0 Å². The van der Waals surface area contributed by atoms with Gasteiger partial charge in [0.1, 0.15) is 0 Å². The lowest BCUT2D eigenvalue weighted by Gasteiger charge is -2.16. The number of nitrogens with zero attached hydrogens (tertiary/aromatic N) is 1. The molecule has 1 saturated heterocycles. The molecule has 0 aromatic heterocycles. The fourth-order valence-electron chi connectivity index (χ4n) is 1.48. The molecule has 0 aromatic rings. The topological polar surface area (TPSA) is 77.8 Å². The number of aliphatic carboxylic acids is 1. The van der Waals surface area contributed by atoms with E-state index < -0.39 is 12.1 Å². The van der Waals surface area contributed by atoms with Gasteiger partial charge in [-0.05, 0) is 20.3 Å². The number of carboxylic acids is 1. The molecule has 0 radical (unpaired) electrons. The van der Waals surface area contributed by atoms with Gasteiger partial charge in [0.15, 0.2) is 0 Å². The van der Waals surface area contributed by atoms with Crippen LogP contribution in [-0.4, -0.2) is 46.2 Å². The van der Waals surface area contributed by atoms with Gasteiger partial charge in [-0.3, -0.25) is 4.79 Å². The fourth-order valence-corrected chi connectivity index (χ4v) is 1.48. The lowest BCUT2D eigenvalue weighted by molar-refractivity contribution is -0.133. The maximum atomic E-state index is 11.7. The van der Waals surface area contributed by atoms with Gasteiger partial charge in [0.05, 0.1) is 6.10 Å². The van der Waals surface area contributed by atoms with Crippen molar-refractivity contribution < 1.29 is 19.8 Å². The Morgan fingerprint density at radius 3 is 2.27 bits per heavy atom. The summed E-state index contributed by atoms with van der Waals surface area (Å²) in [6.07, 6.45) is 0.0809. The molecular weight excluding hydrogens is 198 g/mol. The molecule has 2 N–H and O–H groups in total. The third-order valence-electron chi connectivity index (χ3n) is 2.65. The molecule has 84 valence electrons. The number of hydrogen-bond acceptors (Lipinski definition) is 3. The van der Waals surface area contributed by atoms with E-state index >= 15 is 0 Å². The van der Waals surface area contributed by atoms with E-state index in [1.807, 2.05) is 0 Å². The average molecular weight is 213 g/mol. The molecule has 1 heterocycles. The molecule has 5 nitrogen and oxygen atoms in total. The maximum absolute atomic E-state index is 11.7. The van der Waals surface area contributed by atoms with Gasteiger partial charge >= 0.3 is 5.97 Å². The molecule has 1 amide bonds. The standard InChI is InChI=1S/C10H15NO4/c1-6(7(2)10(14)15)9(13)11-4-3-8(12)5-11/h8,12H,3-5H2,1-2H3,(H,14,15)/b7-6+. The molecule has 0 bridgehead atoms. The smallest absolute Gasteiger partial charge is 0.331 e. The number of likely N-dealkylation sites (tertiary alicyclic amines) is 1. The van der Waals surface area contributed by atoms with E-state index in [-0.39, 0.29) is 17.1 Å². The minimum Gasteiger partial charge on any atom is -0.478 e. The highest BCUT2D eigenvalue weighted by Crippen LogP contribution is 2.14. The lowest BCUT2D eigenvalue weighted by atomic mass is 10.1. The van der Waals surface area contributed by atoms with Crippen molar-refractivity contribution >= 4 is 11.9 Å². The molecule has 1 unspecified atom stereocenters. The van der Waals surface area contributed by atoms with Crippen LogP contribution in [0, 0.1) is 0 Å². The van der Waals surface area contributed by atoms with E-state index in [2.05, 4.69) is 0 Å². The first-order chi connectivity index (χ1) is 6.93. The van der Waals surface area contributed by atoms with Crippen LogP contribution in [0.4, 0.5) is 0 Å². The Kier molecular flexibility index (Phi) is 3.47. The van der Waals surface area contributed by atoms with Crippen LogP contribution in [0.2, 0.25) is 0 Å². The Morgan fingerprint density at radius 2 is 1.87 bits per heavy atom. The first-order valence-electron chi connectivity index (χ1n) is 4.81. The predicted molar refractivity (Wildman–Crippen MR) is 53.2 cm³/mol. The van der Waals surface area contributed by atoms with Crippen molar-refractivity contribution in [1.29, 1.82) is 0 Å². The zero-order valence-corrected chi connectivity index (χ0v) is 8.86. The van der Waals surface area contributed by atoms with Crippen molar-refractivity contribution in [3.8, 4) is 0 Å². The Hall–Kier alpha value is -1.36. The van der Waals surface area contributed by atoms with Crippen molar-refractivity contribution in [3.63, 3.8) is 0 Å². The molecule has 0 spiro atoms. The van der Waals surface area contributed by atoms with Crippen molar-refractivity contribution in [3.05, 3.63) is 11.1 Å². The Labute approximate surface area is 88.0 Å². The monoisotopic (exact) mass is 213 g/mol. The number of aliphatic hydroxyl groups excluding tert-OH is 1. The SMILES string of the molecule is C/C(C(=O)O)=C(/C)C(=O)N1CCC(O)C1. The number of β-amino-alcohol motifs (C(OH)–C–C–N with tert-alkyl or cyclic N) is 1. The largest absolute Gasteiger partial charge is 0.478 e. The summed E-state index contributed by atoms with van der Waals surface area (Å²) in [7, 11) is 0. The second-order valence-electron chi connectivity index (χ2n) is 3.75. The molecule has 1 atom stereocenters. The van der Waals surface area contributed by atoms with E-state index in [9.17, 15) is 14.7 Å². The number of aliphatic hydroxyl groups is 1. The fraction of sp³-hybridized carbons (Fsp3) is 0.600. The molecule has 15 heavy (non-hydrogen) atoms. The number of carbonyl (C=O) groups excluding carboxylic acids is 1. The van der Waals surface area contributed by atoms with E-state index in [1.165, 1.54) is 18.7 Å². The number of rotatable bonds is 2. The Bertz CT molecular complexity index is 321. The summed E-state index contributed by atoms with van der Waals surface area (Å²) in [6.45, 7) is 3.69. The second-order valence-corrected chi connectivity index (χ2v) is 3.75. The maximum Gasteiger partial charge on any atom is 0.331 e. The molecule has 1 aliphatic heterocycles. The summed E-state index contributed by atoms with van der Waals surface area (Å²) in [4.78, 5) is 23.9. The van der Waals surface area contributed by atoms with E-state index in [0.29, 0.717) is 19.5 Å². The van der Waals surface area contributed by atoms with Crippen LogP contribution >= 0.6 is 0 Å². The quantitative estimate of drug-likeness (QED) is 0.633. The minimum absolute atomic E-state index is 0.0568. The zero-order chi connectivity index (χ0) is 11.6. The number of carboxylic acid groups (broad SMARTS) is 1. The van der Waals surface area contributed by atoms with E-state index in [0.717, 1.165) is 0 Å². The van der Waals surface area contributed by atoms with Crippen molar-refractivity contribution in [1.82, 2.24) is 4.90 Å². The molecular formula is C10H15NO4. The van der Waals surface area contributed by atoms with E-state index in [1.54, 1.807) is 0 Å². The Balaban J connectivity index is 2.77. The summed E-state index contributed by atoms with van der Waals surface area (Å²) >= 11 is 0. The molecule has 0 saturated carbocycles. The molecule has 1 aliphatic rings. The van der Waals surface area contributed by atoms with Gasteiger partial charge in [-0.1, -0.05) is 0 Å². The lowest BCUT2D eigenvalue weighted by Crippen LogP contribution is -2.31. The number of amides is 1. The van der Waals surface area contributed by atoms with Crippen LogP contribution in [0.5, 0.6) is 0 Å². The van der Waals surface area contributed by atoms with Crippen LogP contribution in [-0.2, 0) is 9.59 Å². The van der Waals surface area contributed by atoms with Gasteiger partial charge in [0.25, 0.3) is 0 Å². The first kappa shape index (κ1) is 11.7. The highest BCUT2D eigenvalue weighted by Gasteiger charge is 2.26. The predicted octanol–water partition coefficient (Wildman–Crippen LogP) is 0.000600. The molecule has 1 fully saturated rings. The van der Waals surface area contributed by atoms with Crippen molar-refractivity contribution in [2.45, 2.75) is 26.4 Å². The molecule has 0 aromatic carbocycles. The molecule has 1 rings (SSSR count). The average Bonchev–Trinajstić information content (AvgIpc) is 2.61. The van der Waals surface area contributed by atoms with Crippen LogP contribution in [0.25, 0.3) is 0 Å². The highest BCUT2D eigenvalue weighted by molar-refractivity contribution is 6.01. The van der Waals surface area contributed by atoms with Crippen LogP contribution in [0.1, 0.15) is 20.3 Å². The normalized spacial score (nSPS) is 22.6. The third-order valence-corrected chi connectivity index (χ3v) is 2.65. The second kappa shape index (κ2) is 4.44. The van der Waals surface area contributed by atoms with Crippen molar-refractivity contribution in [2.24, 2.45) is 0 Å². The van der Waals surface area contributed by atoms with Crippen LogP contribution in [0.3, 0.4) is 0 Å². The number of hydrogen-bond donors (Lipinski definition) is 2. The summed E-state index contributed by atoms with van der Waals surface area (Å²) in [5.41, 5.74) is 0.290. The Morgan fingerprint density at radius 1 is 1.27 bits per heavy atom. The summed E-state index contributed by atoms with van der Waals surface area (Å²) in [6, 6.07) is 0. The van der Waals surface area contributed by atoms with Gasteiger partial charge < -0.3 is 15.1 Å². The third kappa shape index (κ3) is 2.56. The van der Waals surface area contributed by atoms with Gasteiger partial charge in [-0.15, -0.1) is 0 Å².